The molecule has 3 atom stereocenters. The van der Waals surface area contributed by atoms with Crippen molar-refractivity contribution in [2.45, 2.75) is 18.5 Å². The van der Waals surface area contributed by atoms with E-state index in [1.165, 1.54) is 38.5 Å². The van der Waals surface area contributed by atoms with Gasteiger partial charge in [0.15, 0.2) is 0 Å². The Hall–Kier alpha value is -3.62. The first-order valence-electron chi connectivity index (χ1n) is 9.15. The van der Waals surface area contributed by atoms with Crippen LogP contribution in [0.4, 0.5) is 14.9 Å². The Balaban J connectivity index is 2.00. The fourth-order valence-electron chi connectivity index (χ4n) is 3.65. The van der Waals surface area contributed by atoms with E-state index in [0.717, 1.165) is 4.90 Å². The van der Waals surface area contributed by atoms with E-state index in [4.69, 9.17) is 9.47 Å². The third-order valence-corrected chi connectivity index (χ3v) is 5.07. The molecule has 0 saturated carbocycles. The van der Waals surface area contributed by atoms with Crippen molar-refractivity contribution in [3.05, 3.63) is 59.9 Å². The van der Waals surface area contributed by atoms with Crippen LogP contribution in [-0.2, 0) is 14.3 Å². The first-order chi connectivity index (χ1) is 14.3. The average molecular weight is 416 g/mol. The van der Waals surface area contributed by atoms with Gasteiger partial charge in [0.25, 0.3) is 0 Å². The number of carboxylic acids is 1. The molecule has 1 aliphatic rings. The predicted molar refractivity (Wildman–Crippen MR) is 105 cm³/mol. The third-order valence-electron chi connectivity index (χ3n) is 5.07. The number of carbonyl (C=O) groups excluding carboxylic acids is 2. The van der Waals surface area contributed by atoms with Crippen LogP contribution < -0.4 is 10.1 Å². The number of rotatable bonds is 5. The lowest BCUT2D eigenvalue weighted by Gasteiger charge is -2.30. The maximum atomic E-state index is 13.2. The monoisotopic (exact) mass is 416 g/mol. The fourth-order valence-corrected chi connectivity index (χ4v) is 3.65. The number of ether oxygens (including phenoxy) is 2. The number of aliphatic carboxylic acids is 1. The Morgan fingerprint density at radius 2 is 1.70 bits per heavy atom. The Bertz CT molecular complexity index is 932. The number of amides is 2. The van der Waals surface area contributed by atoms with E-state index in [1.807, 2.05) is 0 Å². The molecule has 1 heterocycles. The van der Waals surface area contributed by atoms with E-state index >= 15 is 0 Å². The highest BCUT2D eigenvalue weighted by atomic mass is 19.1. The van der Waals surface area contributed by atoms with Gasteiger partial charge in [0.1, 0.15) is 17.6 Å². The maximum Gasteiger partial charge on any atom is 0.326 e. The molecule has 0 aliphatic carbocycles. The fraction of sp³-hybridized carbons (Fsp3) is 0.286. The molecule has 9 heteroatoms. The molecule has 2 amide bonds. The number of nitrogens with zero attached hydrogens (tertiary/aromatic N) is 1. The highest BCUT2D eigenvalue weighted by molar-refractivity contribution is 5.94. The summed E-state index contributed by atoms with van der Waals surface area (Å²) in [7, 11) is 2.72. The Kier molecular flexibility index (Phi) is 6.20. The average Bonchev–Trinajstić information content (AvgIpc) is 3.16. The summed E-state index contributed by atoms with van der Waals surface area (Å²) in [5, 5.41) is 12.3. The van der Waals surface area contributed by atoms with Crippen molar-refractivity contribution in [2.75, 3.05) is 19.5 Å². The van der Waals surface area contributed by atoms with Gasteiger partial charge in [-0.1, -0.05) is 12.1 Å². The van der Waals surface area contributed by atoms with Crippen LogP contribution >= 0.6 is 0 Å². The number of hydrogen-bond donors (Lipinski definition) is 2. The van der Waals surface area contributed by atoms with Crippen molar-refractivity contribution in [3.63, 3.8) is 0 Å². The van der Waals surface area contributed by atoms with E-state index in [2.05, 4.69) is 5.32 Å². The van der Waals surface area contributed by atoms with Crippen molar-refractivity contribution >= 4 is 23.7 Å². The molecule has 1 saturated heterocycles. The van der Waals surface area contributed by atoms with Crippen LogP contribution in [0.5, 0.6) is 5.75 Å². The molecule has 0 bridgehead atoms. The smallest absolute Gasteiger partial charge is 0.326 e. The Morgan fingerprint density at radius 1 is 1.07 bits per heavy atom. The molecule has 158 valence electrons. The largest absolute Gasteiger partial charge is 0.497 e. The van der Waals surface area contributed by atoms with Gasteiger partial charge < -0.3 is 24.8 Å². The molecule has 1 fully saturated rings. The van der Waals surface area contributed by atoms with Crippen LogP contribution in [0.1, 0.15) is 18.0 Å². The summed E-state index contributed by atoms with van der Waals surface area (Å²) in [5.41, 5.74) is 0.852. The molecule has 1 aliphatic heterocycles. The zero-order chi connectivity index (χ0) is 21.8. The van der Waals surface area contributed by atoms with Crippen molar-refractivity contribution < 1.29 is 33.4 Å². The summed E-state index contributed by atoms with van der Waals surface area (Å²) in [5.74, 6) is -2.63. The number of anilines is 1. The Labute approximate surface area is 172 Å². The quantitative estimate of drug-likeness (QED) is 0.726. The zero-order valence-corrected chi connectivity index (χ0v) is 16.4. The van der Waals surface area contributed by atoms with Crippen molar-refractivity contribution in [2.24, 2.45) is 5.92 Å². The minimum Gasteiger partial charge on any atom is -0.497 e. The molecule has 3 unspecified atom stereocenters. The standard InChI is InChI=1S/C21H21FN2O6/c1-29-15-9-3-12(4-10-15)18-16(20(27)30-2)11-17(19(25)26)24(18)21(28)23-14-7-5-13(22)6-8-14/h3-10,16-18H,11H2,1-2H3,(H,23,28)(H,25,26). The second-order valence-corrected chi connectivity index (χ2v) is 6.78. The highest BCUT2D eigenvalue weighted by Gasteiger charge is 2.51. The molecule has 8 nitrogen and oxygen atoms in total. The number of halogens is 1. The lowest BCUT2D eigenvalue weighted by Crippen LogP contribution is -2.44. The summed E-state index contributed by atoms with van der Waals surface area (Å²) in [4.78, 5) is 38.5. The molecule has 2 aromatic carbocycles. The van der Waals surface area contributed by atoms with Crippen LogP contribution in [-0.4, -0.2) is 48.2 Å². The van der Waals surface area contributed by atoms with Gasteiger partial charge in [-0.2, -0.15) is 0 Å². The number of carbonyl (C=O) groups is 3. The number of likely N-dealkylation sites (tertiary alicyclic amines) is 1. The maximum absolute atomic E-state index is 13.2. The first kappa shape index (κ1) is 21.1. The summed E-state index contributed by atoms with van der Waals surface area (Å²) in [6.07, 6.45) is -0.102. The topological polar surface area (TPSA) is 105 Å². The van der Waals surface area contributed by atoms with Gasteiger partial charge >= 0.3 is 18.0 Å². The van der Waals surface area contributed by atoms with E-state index < -0.39 is 41.8 Å². The molecule has 0 spiro atoms. The molecule has 3 rings (SSSR count). The molecule has 2 aromatic rings. The molecule has 2 N–H and O–H groups in total. The summed E-state index contributed by atoms with van der Waals surface area (Å²) in [6.45, 7) is 0. The van der Waals surface area contributed by atoms with Crippen LogP contribution in [0.25, 0.3) is 0 Å². The second-order valence-electron chi connectivity index (χ2n) is 6.78. The van der Waals surface area contributed by atoms with Crippen LogP contribution in [0.3, 0.4) is 0 Å². The SMILES string of the molecule is COC(=O)C1CC(C(=O)O)N(C(=O)Nc2ccc(F)cc2)C1c1ccc(OC)cc1. The number of nitrogens with one attached hydrogen (secondary N) is 1. The second kappa shape index (κ2) is 8.81. The van der Waals surface area contributed by atoms with Crippen LogP contribution in [0.15, 0.2) is 48.5 Å². The molecule has 30 heavy (non-hydrogen) atoms. The van der Waals surface area contributed by atoms with Crippen molar-refractivity contribution in [1.82, 2.24) is 4.90 Å². The van der Waals surface area contributed by atoms with E-state index in [1.54, 1.807) is 24.3 Å². The Morgan fingerprint density at radius 3 is 2.23 bits per heavy atom. The summed E-state index contributed by atoms with van der Waals surface area (Å²) >= 11 is 0. The third kappa shape index (κ3) is 4.19. The van der Waals surface area contributed by atoms with E-state index in [-0.39, 0.29) is 6.42 Å². The van der Waals surface area contributed by atoms with Crippen molar-refractivity contribution in [3.8, 4) is 5.75 Å². The summed E-state index contributed by atoms with van der Waals surface area (Å²) in [6, 6.07) is 8.88. The lowest BCUT2D eigenvalue weighted by atomic mass is 9.93. The van der Waals surface area contributed by atoms with Gasteiger partial charge in [-0.05, 0) is 48.4 Å². The van der Waals surface area contributed by atoms with E-state index in [9.17, 15) is 23.9 Å². The highest BCUT2D eigenvalue weighted by Crippen LogP contribution is 2.42. The van der Waals surface area contributed by atoms with Gasteiger partial charge in [0.2, 0.25) is 0 Å². The van der Waals surface area contributed by atoms with Gasteiger partial charge in [0, 0.05) is 5.69 Å². The van der Waals surface area contributed by atoms with Gasteiger partial charge in [-0.15, -0.1) is 0 Å². The lowest BCUT2D eigenvalue weighted by molar-refractivity contribution is -0.146. The number of carboxylic acid groups (broad SMARTS) is 1. The normalized spacial score (nSPS) is 20.5. The van der Waals surface area contributed by atoms with Crippen molar-refractivity contribution in [1.29, 1.82) is 0 Å². The van der Waals surface area contributed by atoms with Gasteiger partial charge in [0.05, 0.1) is 26.2 Å². The number of benzene rings is 2. The van der Waals surface area contributed by atoms with Gasteiger partial charge in [-0.25, -0.2) is 14.0 Å². The minimum absolute atomic E-state index is 0.102. The number of methoxy groups -OCH3 is 2. The number of esters is 1. The van der Waals surface area contributed by atoms with Crippen LogP contribution in [0.2, 0.25) is 0 Å². The number of hydrogen-bond acceptors (Lipinski definition) is 5. The minimum atomic E-state index is -1.25. The molecular formula is C21H21FN2O6. The molecular weight excluding hydrogens is 395 g/mol. The van der Waals surface area contributed by atoms with Crippen LogP contribution in [0, 0.1) is 11.7 Å². The molecule has 0 aromatic heterocycles. The van der Waals surface area contributed by atoms with E-state index in [0.29, 0.717) is 17.0 Å². The first-order valence-corrected chi connectivity index (χ1v) is 9.15. The van der Waals surface area contributed by atoms with Gasteiger partial charge in [-0.3, -0.25) is 4.79 Å². The number of urea groups is 1. The zero-order valence-electron chi connectivity index (χ0n) is 16.4. The summed E-state index contributed by atoms with van der Waals surface area (Å²) < 4.78 is 23.2. The predicted octanol–water partition coefficient (Wildman–Crippen LogP) is 3.06. The molecule has 0 radical (unpaired) electrons.